The zero-order chi connectivity index (χ0) is 12.9. The van der Waals surface area contributed by atoms with Crippen LogP contribution in [0.1, 0.15) is 38.8 Å². The second-order valence-corrected chi connectivity index (χ2v) is 4.33. The van der Waals surface area contributed by atoms with Gasteiger partial charge < -0.3 is 15.8 Å². The van der Waals surface area contributed by atoms with Gasteiger partial charge in [-0.05, 0) is 33.4 Å². The van der Waals surface area contributed by atoms with Gasteiger partial charge in [0.05, 0.1) is 11.6 Å². The van der Waals surface area contributed by atoms with Gasteiger partial charge in [-0.1, -0.05) is 6.92 Å². The molecule has 0 aliphatic heterocycles. The molecule has 1 heterocycles. The third-order valence-electron chi connectivity index (χ3n) is 3.27. The van der Waals surface area contributed by atoms with Crippen LogP contribution in [0.3, 0.4) is 0 Å². The second-order valence-electron chi connectivity index (χ2n) is 4.33. The maximum Gasteiger partial charge on any atom is 0.0846 e. The zero-order valence-electron chi connectivity index (χ0n) is 11.2. The summed E-state index contributed by atoms with van der Waals surface area (Å²) < 4.78 is 5.90. The number of nitrogens with zero attached hydrogens (tertiary/aromatic N) is 1. The van der Waals surface area contributed by atoms with E-state index in [2.05, 4.69) is 24.1 Å². The SMILES string of the molecule is CCOC(C)(CC)C(NC)c1cnccc1N. The van der Waals surface area contributed by atoms with Gasteiger partial charge in [-0.2, -0.15) is 0 Å². The lowest BCUT2D eigenvalue weighted by Gasteiger charge is -2.37. The summed E-state index contributed by atoms with van der Waals surface area (Å²) in [6, 6.07) is 1.86. The maximum absolute atomic E-state index is 6.01. The van der Waals surface area contributed by atoms with Crippen LogP contribution in [-0.2, 0) is 4.74 Å². The molecule has 0 aliphatic rings. The molecule has 4 nitrogen and oxygen atoms in total. The molecule has 0 amide bonds. The number of nitrogen functional groups attached to an aromatic ring is 1. The fourth-order valence-corrected chi connectivity index (χ4v) is 2.17. The average molecular weight is 237 g/mol. The van der Waals surface area contributed by atoms with Crippen molar-refractivity contribution in [2.75, 3.05) is 19.4 Å². The molecule has 2 unspecified atom stereocenters. The van der Waals surface area contributed by atoms with Crippen LogP contribution in [0.15, 0.2) is 18.5 Å². The lowest BCUT2D eigenvalue weighted by atomic mass is 9.87. The van der Waals surface area contributed by atoms with Gasteiger partial charge in [0.15, 0.2) is 0 Å². The molecule has 0 aliphatic carbocycles. The lowest BCUT2D eigenvalue weighted by molar-refractivity contribution is -0.0546. The van der Waals surface area contributed by atoms with E-state index in [1.165, 1.54) is 0 Å². The first-order valence-electron chi connectivity index (χ1n) is 6.09. The van der Waals surface area contributed by atoms with Crippen LogP contribution in [0.25, 0.3) is 0 Å². The quantitative estimate of drug-likeness (QED) is 0.795. The first kappa shape index (κ1) is 13.9. The van der Waals surface area contributed by atoms with E-state index in [1.54, 1.807) is 6.20 Å². The molecule has 2 atom stereocenters. The van der Waals surface area contributed by atoms with Crippen molar-refractivity contribution < 1.29 is 4.74 Å². The Bertz CT molecular complexity index is 356. The van der Waals surface area contributed by atoms with Crippen LogP contribution in [-0.4, -0.2) is 24.2 Å². The summed E-state index contributed by atoms with van der Waals surface area (Å²) in [5, 5.41) is 3.29. The van der Waals surface area contributed by atoms with Gasteiger partial charge in [0, 0.05) is 30.3 Å². The second kappa shape index (κ2) is 5.98. The molecule has 0 spiro atoms. The first-order valence-corrected chi connectivity index (χ1v) is 6.09. The fraction of sp³-hybridized carbons (Fsp3) is 0.615. The Morgan fingerprint density at radius 1 is 1.53 bits per heavy atom. The Balaban J connectivity index is 3.09. The molecular formula is C13H23N3O. The molecule has 0 radical (unpaired) electrons. The molecular weight excluding hydrogens is 214 g/mol. The van der Waals surface area contributed by atoms with Gasteiger partial charge in [-0.25, -0.2) is 0 Å². The Morgan fingerprint density at radius 3 is 2.71 bits per heavy atom. The minimum Gasteiger partial charge on any atom is -0.398 e. The van der Waals surface area contributed by atoms with Crippen molar-refractivity contribution in [1.82, 2.24) is 10.3 Å². The Hall–Kier alpha value is -1.13. The highest BCUT2D eigenvalue weighted by molar-refractivity contribution is 5.47. The van der Waals surface area contributed by atoms with Crippen LogP contribution < -0.4 is 11.1 Å². The van der Waals surface area contributed by atoms with Crippen molar-refractivity contribution in [3.05, 3.63) is 24.0 Å². The van der Waals surface area contributed by atoms with Gasteiger partial charge in [0.1, 0.15) is 0 Å². The van der Waals surface area contributed by atoms with Crippen LogP contribution in [0.4, 0.5) is 5.69 Å². The number of nitrogens with one attached hydrogen (secondary N) is 1. The van der Waals surface area contributed by atoms with Crippen molar-refractivity contribution in [3.8, 4) is 0 Å². The van der Waals surface area contributed by atoms with Crippen molar-refractivity contribution in [1.29, 1.82) is 0 Å². The van der Waals surface area contributed by atoms with Crippen LogP contribution in [0.2, 0.25) is 0 Å². The smallest absolute Gasteiger partial charge is 0.0846 e. The number of likely N-dealkylation sites (N-methyl/N-ethyl adjacent to an activating group) is 1. The summed E-state index contributed by atoms with van der Waals surface area (Å²) in [6.07, 6.45) is 4.42. The minimum atomic E-state index is -0.277. The normalized spacial score (nSPS) is 16.5. The summed E-state index contributed by atoms with van der Waals surface area (Å²) in [4.78, 5) is 4.15. The predicted molar refractivity (Wildman–Crippen MR) is 70.8 cm³/mol. The van der Waals surface area contributed by atoms with Gasteiger partial charge in [0.2, 0.25) is 0 Å². The highest BCUT2D eigenvalue weighted by Crippen LogP contribution is 2.34. The molecule has 4 heteroatoms. The Kier molecular flexibility index (Phi) is 4.90. The highest BCUT2D eigenvalue weighted by Gasteiger charge is 2.34. The standard InChI is InChI=1S/C13H23N3O/c1-5-13(3,17-6-2)12(15-4)10-9-16-8-7-11(10)14/h7-9,12,15H,5-6H2,1-4H3,(H2,14,16). The molecule has 0 bridgehead atoms. The van der Waals surface area contributed by atoms with Crippen LogP contribution in [0.5, 0.6) is 0 Å². The minimum absolute atomic E-state index is 0.0427. The van der Waals surface area contributed by atoms with Crippen LogP contribution in [0, 0.1) is 0 Å². The number of hydrogen-bond donors (Lipinski definition) is 2. The summed E-state index contributed by atoms with van der Waals surface area (Å²) in [7, 11) is 1.92. The number of aromatic nitrogens is 1. The third-order valence-corrected chi connectivity index (χ3v) is 3.27. The van der Waals surface area contributed by atoms with E-state index in [4.69, 9.17) is 10.5 Å². The van der Waals surface area contributed by atoms with E-state index in [1.807, 2.05) is 26.2 Å². The molecule has 96 valence electrons. The molecule has 0 fully saturated rings. The summed E-state index contributed by atoms with van der Waals surface area (Å²) in [5.41, 5.74) is 7.47. The molecule has 1 rings (SSSR count). The Labute approximate surface area is 104 Å². The number of pyridine rings is 1. The van der Waals surface area contributed by atoms with Crippen molar-refractivity contribution in [2.45, 2.75) is 38.8 Å². The number of hydrogen-bond acceptors (Lipinski definition) is 4. The van der Waals surface area contributed by atoms with Crippen molar-refractivity contribution in [2.24, 2.45) is 0 Å². The number of anilines is 1. The number of ether oxygens (including phenoxy) is 1. The van der Waals surface area contributed by atoms with E-state index in [9.17, 15) is 0 Å². The molecule has 0 saturated heterocycles. The zero-order valence-corrected chi connectivity index (χ0v) is 11.2. The Morgan fingerprint density at radius 2 is 2.24 bits per heavy atom. The average Bonchev–Trinajstić information content (AvgIpc) is 2.33. The van der Waals surface area contributed by atoms with Gasteiger partial charge >= 0.3 is 0 Å². The first-order chi connectivity index (χ1) is 8.09. The lowest BCUT2D eigenvalue weighted by Crippen LogP contribution is -2.42. The molecule has 1 aromatic heterocycles. The van der Waals surface area contributed by atoms with Crippen LogP contribution >= 0.6 is 0 Å². The van der Waals surface area contributed by atoms with Crippen molar-refractivity contribution >= 4 is 5.69 Å². The molecule has 1 aromatic rings. The van der Waals surface area contributed by atoms with E-state index in [0.29, 0.717) is 6.61 Å². The molecule has 3 N–H and O–H groups in total. The van der Waals surface area contributed by atoms with E-state index >= 15 is 0 Å². The fourth-order valence-electron chi connectivity index (χ4n) is 2.17. The third kappa shape index (κ3) is 2.96. The summed E-state index contributed by atoms with van der Waals surface area (Å²) in [6.45, 7) is 6.91. The largest absolute Gasteiger partial charge is 0.398 e. The van der Waals surface area contributed by atoms with Crippen molar-refractivity contribution in [3.63, 3.8) is 0 Å². The van der Waals surface area contributed by atoms with E-state index < -0.39 is 0 Å². The number of nitrogens with two attached hydrogens (primary N) is 1. The maximum atomic E-state index is 6.01. The molecule has 0 saturated carbocycles. The van der Waals surface area contributed by atoms with E-state index in [-0.39, 0.29) is 11.6 Å². The highest BCUT2D eigenvalue weighted by atomic mass is 16.5. The van der Waals surface area contributed by atoms with E-state index in [0.717, 1.165) is 17.7 Å². The summed E-state index contributed by atoms with van der Waals surface area (Å²) in [5.74, 6) is 0. The molecule has 17 heavy (non-hydrogen) atoms. The predicted octanol–water partition coefficient (Wildman–Crippen LogP) is 2.13. The van der Waals surface area contributed by atoms with Gasteiger partial charge in [-0.15, -0.1) is 0 Å². The topological polar surface area (TPSA) is 60.2 Å². The number of rotatable bonds is 6. The summed E-state index contributed by atoms with van der Waals surface area (Å²) >= 11 is 0. The molecule has 0 aromatic carbocycles. The monoisotopic (exact) mass is 237 g/mol. The van der Waals surface area contributed by atoms with Gasteiger partial charge in [0.25, 0.3) is 0 Å². The van der Waals surface area contributed by atoms with Gasteiger partial charge in [-0.3, -0.25) is 4.98 Å².